The molecule has 3 atom stereocenters. The first-order chi connectivity index (χ1) is 23.4. The van der Waals surface area contributed by atoms with Gasteiger partial charge in [-0.25, -0.2) is 5.48 Å². The predicted molar refractivity (Wildman–Crippen MR) is 184 cm³/mol. The molecule has 250 valence electrons. The minimum absolute atomic E-state index is 0.246. The summed E-state index contributed by atoms with van der Waals surface area (Å²) in [5.41, 5.74) is 6.44. The van der Waals surface area contributed by atoms with Gasteiger partial charge in [-0.15, -0.1) is 0 Å². The van der Waals surface area contributed by atoms with Gasteiger partial charge in [-0.05, 0) is 98.5 Å². The molecule has 4 aromatic carbocycles. The minimum Gasteiger partial charge on any atom is -0.494 e. The molecular formula is C40H44N2O6. The van der Waals surface area contributed by atoms with Crippen LogP contribution >= 0.6 is 0 Å². The first-order valence-corrected chi connectivity index (χ1v) is 16.7. The number of aryl methyl sites for hydroxylation is 2. The van der Waals surface area contributed by atoms with E-state index >= 15 is 0 Å². The van der Waals surface area contributed by atoms with Gasteiger partial charge in [-0.2, -0.15) is 0 Å². The van der Waals surface area contributed by atoms with Crippen molar-refractivity contribution in [1.82, 2.24) is 10.8 Å². The number of fused-ring (bicyclic) bond motifs is 12. The summed E-state index contributed by atoms with van der Waals surface area (Å²) in [4.78, 5) is 41.3. The van der Waals surface area contributed by atoms with Crippen molar-refractivity contribution in [1.29, 1.82) is 0 Å². The number of carbonyl (C=O) groups is 3. The topological polar surface area (TPSA) is 114 Å². The third kappa shape index (κ3) is 9.78. The Morgan fingerprint density at radius 1 is 0.896 bits per heavy atom. The lowest BCUT2D eigenvalue weighted by molar-refractivity contribution is -0.141. The van der Waals surface area contributed by atoms with Gasteiger partial charge in [0.05, 0.1) is 18.6 Å². The number of hydrogen-bond donors (Lipinski definition) is 3. The smallest absolute Gasteiger partial charge is 0.247 e. The molecule has 48 heavy (non-hydrogen) atoms. The molecule has 8 heteroatoms. The van der Waals surface area contributed by atoms with E-state index in [1.165, 1.54) is 5.56 Å². The summed E-state index contributed by atoms with van der Waals surface area (Å²) in [6, 6.07) is 31.7. The summed E-state index contributed by atoms with van der Waals surface area (Å²) in [7, 11) is 0. The molecule has 3 unspecified atom stereocenters. The van der Waals surface area contributed by atoms with Crippen molar-refractivity contribution in [2.75, 3.05) is 6.61 Å². The molecule has 0 fully saturated rings. The van der Waals surface area contributed by atoms with Crippen molar-refractivity contribution in [3.8, 4) is 11.5 Å². The average Bonchev–Trinajstić information content (AvgIpc) is 3.12. The van der Waals surface area contributed by atoms with Crippen molar-refractivity contribution in [2.45, 2.75) is 64.5 Å². The number of carbonyl (C=O) groups excluding carboxylic acids is 3. The molecule has 8 nitrogen and oxygen atoms in total. The van der Waals surface area contributed by atoms with Crippen LogP contribution in [0.4, 0.5) is 0 Å². The highest BCUT2D eigenvalue weighted by molar-refractivity contribution is 6.02. The van der Waals surface area contributed by atoms with E-state index in [1.807, 2.05) is 61.5 Å². The fraction of sp³-hybridized carbons (Fsp3) is 0.325. The van der Waals surface area contributed by atoms with Crippen LogP contribution in [0.2, 0.25) is 0 Å². The molecule has 2 amide bonds. The number of nitrogens with one attached hydrogen (secondary N) is 2. The average molecular weight is 649 g/mol. The molecule has 0 saturated heterocycles. The van der Waals surface area contributed by atoms with E-state index in [4.69, 9.17) is 9.47 Å². The van der Waals surface area contributed by atoms with Crippen LogP contribution in [0.15, 0.2) is 103 Å². The normalized spacial score (nSPS) is 18.5. The maximum Gasteiger partial charge on any atom is 0.247 e. The lowest BCUT2D eigenvalue weighted by Gasteiger charge is -2.27. The van der Waals surface area contributed by atoms with E-state index in [1.54, 1.807) is 29.7 Å². The number of Topliss-reactive ketones (excluding diaryl/α,β-unsaturated/α-hetero) is 1. The molecule has 6 rings (SSSR count). The number of rotatable bonds is 10. The summed E-state index contributed by atoms with van der Waals surface area (Å²) < 4.78 is 11.8. The van der Waals surface area contributed by atoms with Gasteiger partial charge in [0.1, 0.15) is 18.1 Å². The molecule has 4 aromatic rings. The molecule has 2 heterocycles. The monoisotopic (exact) mass is 648 g/mol. The van der Waals surface area contributed by atoms with Crippen LogP contribution in [0.25, 0.3) is 0 Å². The molecule has 0 saturated carbocycles. The van der Waals surface area contributed by atoms with Crippen molar-refractivity contribution in [3.05, 3.63) is 131 Å². The van der Waals surface area contributed by atoms with Crippen LogP contribution in [0.1, 0.15) is 64.7 Å². The molecule has 3 N–H and O–H groups in total. The quantitative estimate of drug-likeness (QED) is 0.0990. The van der Waals surface area contributed by atoms with Gasteiger partial charge < -0.3 is 14.8 Å². The van der Waals surface area contributed by atoms with E-state index in [2.05, 4.69) is 29.6 Å². The largest absolute Gasteiger partial charge is 0.494 e. The second-order valence-electron chi connectivity index (χ2n) is 12.5. The third-order valence-corrected chi connectivity index (χ3v) is 8.93. The Bertz CT molecular complexity index is 1620. The standard InChI is InChI=1S/C40H44N2O6/c1-28-13-15-29(16-14-28)10-7-12-35-36(40(45)42-46)11-5-6-25-47-33-21-17-30(18-22-33)26-37(41-39(35)44)38(43)32-19-23-34(24-20-32)48-27-31-8-3-2-4-9-31/h2-4,8-9,13-24,35-37,46H,5-7,10-12,25-27H2,1H3,(H,41,44)(H,42,45). The molecule has 0 spiro atoms. The van der Waals surface area contributed by atoms with Crippen LogP contribution in [0.5, 0.6) is 11.5 Å². The first-order valence-electron chi connectivity index (χ1n) is 16.7. The second-order valence-corrected chi connectivity index (χ2v) is 12.5. The fourth-order valence-electron chi connectivity index (χ4n) is 6.15. The highest BCUT2D eigenvalue weighted by Gasteiger charge is 2.35. The molecular weight excluding hydrogens is 604 g/mol. The lowest BCUT2D eigenvalue weighted by Crippen LogP contribution is -2.48. The number of ketones is 1. The Labute approximate surface area is 282 Å². The van der Waals surface area contributed by atoms with Crippen molar-refractivity contribution >= 4 is 17.6 Å². The molecule has 0 aromatic heterocycles. The summed E-state index contributed by atoms with van der Waals surface area (Å²) in [5, 5.41) is 12.7. The van der Waals surface area contributed by atoms with Crippen molar-refractivity contribution in [2.24, 2.45) is 11.8 Å². The van der Waals surface area contributed by atoms with Crippen LogP contribution in [-0.4, -0.2) is 35.5 Å². The van der Waals surface area contributed by atoms with Crippen LogP contribution in [0.3, 0.4) is 0 Å². The van der Waals surface area contributed by atoms with Gasteiger partial charge in [-0.3, -0.25) is 19.6 Å². The Balaban J connectivity index is 1.38. The number of amides is 2. The minimum atomic E-state index is -0.886. The van der Waals surface area contributed by atoms with E-state index in [-0.39, 0.29) is 18.1 Å². The molecule has 0 aliphatic carbocycles. The van der Waals surface area contributed by atoms with Gasteiger partial charge in [0.2, 0.25) is 11.8 Å². The summed E-state index contributed by atoms with van der Waals surface area (Å²) >= 11 is 0. The Hall–Kier alpha value is -4.95. The second kappa shape index (κ2) is 17.3. The zero-order valence-corrected chi connectivity index (χ0v) is 27.4. The van der Waals surface area contributed by atoms with E-state index in [0.29, 0.717) is 62.4 Å². The van der Waals surface area contributed by atoms with Gasteiger partial charge in [-0.1, -0.05) is 72.3 Å². The summed E-state index contributed by atoms with van der Waals surface area (Å²) in [6.45, 7) is 2.90. The predicted octanol–water partition coefficient (Wildman–Crippen LogP) is 6.81. The third-order valence-electron chi connectivity index (χ3n) is 8.93. The van der Waals surface area contributed by atoms with Gasteiger partial charge >= 0.3 is 0 Å². The van der Waals surface area contributed by atoms with Crippen LogP contribution < -0.4 is 20.3 Å². The highest BCUT2D eigenvalue weighted by Crippen LogP contribution is 2.27. The Kier molecular flexibility index (Phi) is 12.4. The maximum absolute atomic E-state index is 14.2. The maximum atomic E-state index is 14.2. The number of hydroxylamine groups is 1. The van der Waals surface area contributed by atoms with Gasteiger partial charge in [0, 0.05) is 17.9 Å². The number of ether oxygens (including phenoxy) is 2. The molecule has 2 aliphatic rings. The lowest BCUT2D eigenvalue weighted by atomic mass is 9.82. The highest BCUT2D eigenvalue weighted by atomic mass is 16.5. The summed E-state index contributed by atoms with van der Waals surface area (Å²) in [5.74, 6) is -1.41. The molecule has 2 bridgehead atoms. The van der Waals surface area contributed by atoms with Crippen LogP contribution in [0, 0.1) is 18.8 Å². The Morgan fingerprint density at radius 3 is 2.33 bits per heavy atom. The van der Waals surface area contributed by atoms with Gasteiger partial charge in [0.15, 0.2) is 5.78 Å². The summed E-state index contributed by atoms with van der Waals surface area (Å²) in [6.07, 6.45) is 3.75. The zero-order chi connectivity index (χ0) is 33.7. The first kappa shape index (κ1) is 34.4. The van der Waals surface area contributed by atoms with Crippen molar-refractivity contribution in [3.63, 3.8) is 0 Å². The van der Waals surface area contributed by atoms with Crippen LogP contribution in [-0.2, 0) is 29.0 Å². The number of benzene rings is 4. The zero-order valence-electron chi connectivity index (χ0n) is 27.4. The number of hydrogen-bond acceptors (Lipinski definition) is 6. The SMILES string of the molecule is Cc1ccc(CCCC2C(=O)NC(C(=O)c3ccc(OCc4ccccc4)cc3)Cc3ccc(cc3)OCCCCC2C(=O)NO)cc1. The molecule has 2 aliphatic heterocycles. The van der Waals surface area contributed by atoms with Gasteiger partial charge in [0.25, 0.3) is 0 Å². The van der Waals surface area contributed by atoms with E-state index < -0.39 is 23.8 Å². The van der Waals surface area contributed by atoms with E-state index in [9.17, 15) is 19.6 Å². The Morgan fingerprint density at radius 2 is 1.62 bits per heavy atom. The van der Waals surface area contributed by atoms with E-state index in [0.717, 1.165) is 23.1 Å². The van der Waals surface area contributed by atoms with Crippen molar-refractivity contribution < 1.29 is 29.1 Å². The fourth-order valence-corrected chi connectivity index (χ4v) is 6.15. The molecule has 0 radical (unpaired) electrons.